The summed E-state index contributed by atoms with van der Waals surface area (Å²) < 4.78 is 41.4. The number of alkyl halides is 2. The zero-order chi connectivity index (χ0) is 29.1. The van der Waals surface area contributed by atoms with Crippen LogP contribution in [0.15, 0.2) is 36.5 Å². The molecular formula is C29H38F2N6O3. The van der Waals surface area contributed by atoms with E-state index in [1.54, 1.807) is 43.6 Å². The largest absolute Gasteiger partial charge is 0.489 e. The Balaban J connectivity index is 1.60. The number of nitrogens with zero attached hydrogens (tertiary/aromatic N) is 4. The molecule has 0 radical (unpaired) electrons. The number of ether oxygens (including phenoxy) is 2. The monoisotopic (exact) mass is 556 g/mol. The fourth-order valence-corrected chi connectivity index (χ4v) is 4.82. The molecule has 3 aromatic rings. The van der Waals surface area contributed by atoms with Crippen molar-refractivity contribution in [3.8, 4) is 17.1 Å². The number of aromatic nitrogens is 4. The molecule has 1 aliphatic rings. The first kappa shape index (κ1) is 29.4. The third-order valence-electron chi connectivity index (χ3n) is 6.31. The summed E-state index contributed by atoms with van der Waals surface area (Å²) in [6.07, 6.45) is 1.62. The maximum absolute atomic E-state index is 14.2. The molecule has 0 fully saturated rings. The summed E-state index contributed by atoms with van der Waals surface area (Å²) in [5.41, 5.74) is 1.36. The molecular weight excluding hydrogens is 518 g/mol. The van der Waals surface area contributed by atoms with Gasteiger partial charge in [-0.25, -0.2) is 28.1 Å². The molecule has 216 valence electrons. The van der Waals surface area contributed by atoms with Gasteiger partial charge in [-0.1, -0.05) is 19.9 Å². The number of nitrogens with one attached hydrogen (secondary N) is 2. The van der Waals surface area contributed by atoms with Crippen molar-refractivity contribution >= 4 is 17.3 Å². The lowest BCUT2D eigenvalue weighted by atomic mass is 9.91. The number of amides is 1. The number of pyridine rings is 1. The van der Waals surface area contributed by atoms with Crippen molar-refractivity contribution in [1.82, 2.24) is 30.2 Å². The molecule has 9 nitrogen and oxygen atoms in total. The van der Waals surface area contributed by atoms with Crippen LogP contribution in [0.1, 0.15) is 72.2 Å². The normalized spacial score (nSPS) is 15.7. The Bertz CT molecular complexity index is 1380. The Kier molecular flexibility index (Phi) is 8.72. The van der Waals surface area contributed by atoms with E-state index < -0.39 is 29.4 Å². The van der Waals surface area contributed by atoms with E-state index in [4.69, 9.17) is 14.6 Å². The van der Waals surface area contributed by atoms with Crippen LogP contribution in [-0.4, -0.2) is 56.5 Å². The molecule has 4 rings (SSSR count). The van der Waals surface area contributed by atoms with Crippen LogP contribution in [0, 0.1) is 5.92 Å². The van der Waals surface area contributed by atoms with Gasteiger partial charge in [-0.3, -0.25) is 0 Å². The van der Waals surface area contributed by atoms with E-state index >= 15 is 0 Å². The predicted octanol–water partition coefficient (Wildman–Crippen LogP) is 5.81. The van der Waals surface area contributed by atoms with Crippen molar-refractivity contribution in [2.45, 2.75) is 71.9 Å². The minimum atomic E-state index is -2.88. The summed E-state index contributed by atoms with van der Waals surface area (Å²) in [6.45, 7) is 12.7. The fraction of sp³-hybridized carbons (Fsp3) is 0.517. The highest BCUT2D eigenvalue weighted by Gasteiger charge is 2.32. The smallest absolute Gasteiger partial charge is 0.408 e. The van der Waals surface area contributed by atoms with Gasteiger partial charge in [-0.2, -0.15) is 5.10 Å². The van der Waals surface area contributed by atoms with Crippen LogP contribution in [0.2, 0.25) is 0 Å². The molecule has 2 N–H and O–H groups in total. The Labute approximate surface area is 233 Å². The second kappa shape index (κ2) is 11.9. The van der Waals surface area contributed by atoms with Gasteiger partial charge in [0.2, 0.25) is 0 Å². The molecule has 1 aliphatic heterocycles. The van der Waals surface area contributed by atoms with Crippen LogP contribution in [0.5, 0.6) is 5.75 Å². The van der Waals surface area contributed by atoms with Crippen molar-refractivity contribution < 1.29 is 23.0 Å². The van der Waals surface area contributed by atoms with E-state index in [1.165, 1.54) is 6.07 Å². The van der Waals surface area contributed by atoms with E-state index in [2.05, 4.69) is 26.7 Å². The van der Waals surface area contributed by atoms with Crippen LogP contribution in [-0.2, 0) is 4.74 Å². The number of alkyl carbamates (subject to hydrolysis) is 1. The van der Waals surface area contributed by atoms with E-state index in [0.717, 1.165) is 30.8 Å². The summed E-state index contributed by atoms with van der Waals surface area (Å²) in [7, 11) is 0. The number of hydrogen-bond donors (Lipinski definition) is 2. The first-order valence-corrected chi connectivity index (χ1v) is 13.5. The molecule has 0 aliphatic carbocycles. The summed E-state index contributed by atoms with van der Waals surface area (Å²) in [5, 5.41) is 10.8. The Morgan fingerprint density at radius 2 is 1.95 bits per heavy atom. The topological polar surface area (TPSA) is 103 Å². The van der Waals surface area contributed by atoms with E-state index in [1.807, 2.05) is 26.8 Å². The fourth-order valence-electron chi connectivity index (χ4n) is 4.82. The van der Waals surface area contributed by atoms with Crippen LogP contribution in [0.25, 0.3) is 22.6 Å². The lowest BCUT2D eigenvalue weighted by Crippen LogP contribution is -2.52. The zero-order valence-corrected chi connectivity index (χ0v) is 23.9. The van der Waals surface area contributed by atoms with Gasteiger partial charge in [0, 0.05) is 18.8 Å². The highest BCUT2D eigenvalue weighted by Crippen LogP contribution is 2.32. The number of carbonyl (C=O) groups is 1. The molecule has 3 aromatic heterocycles. The van der Waals surface area contributed by atoms with Gasteiger partial charge in [0.05, 0.1) is 22.6 Å². The second-order valence-electron chi connectivity index (χ2n) is 11.8. The van der Waals surface area contributed by atoms with E-state index in [0.29, 0.717) is 23.5 Å². The first-order valence-electron chi connectivity index (χ1n) is 13.5. The molecule has 1 amide bonds. The highest BCUT2D eigenvalue weighted by molar-refractivity contribution is 5.69. The quantitative estimate of drug-likeness (QED) is 0.343. The summed E-state index contributed by atoms with van der Waals surface area (Å²) in [6, 6.07) is 6.70. The molecule has 0 saturated carbocycles. The van der Waals surface area contributed by atoms with Crippen molar-refractivity contribution in [1.29, 1.82) is 0 Å². The van der Waals surface area contributed by atoms with Crippen LogP contribution in [0.4, 0.5) is 13.6 Å². The van der Waals surface area contributed by atoms with Crippen molar-refractivity contribution in [2.24, 2.45) is 5.92 Å². The van der Waals surface area contributed by atoms with Gasteiger partial charge >= 0.3 is 6.09 Å². The molecule has 0 spiro atoms. The minimum Gasteiger partial charge on any atom is -0.489 e. The molecule has 11 heteroatoms. The Hall–Kier alpha value is -3.60. The number of fused-ring (bicyclic) bond motifs is 1. The molecule has 40 heavy (non-hydrogen) atoms. The van der Waals surface area contributed by atoms with Gasteiger partial charge in [0.25, 0.3) is 6.43 Å². The molecule has 1 atom stereocenters. The number of hydrogen-bond acceptors (Lipinski definition) is 7. The maximum atomic E-state index is 14.2. The third-order valence-corrected chi connectivity index (χ3v) is 6.31. The van der Waals surface area contributed by atoms with Gasteiger partial charge in [0.1, 0.15) is 23.7 Å². The van der Waals surface area contributed by atoms with Gasteiger partial charge < -0.3 is 20.1 Å². The SMILES string of the molecule is CC(C)C[C@@](C)(COc1ccc(-c2ccnc3cc(C4=CCNCC4)nn23)nc1C(F)F)NC(=O)OC(C)(C)C. The standard InChI is InChI=1S/C29H38F2N6O3/c1-18(2)16-29(6,35-27(38)40-28(3,4)5)17-39-23-8-7-20(34-25(23)26(30)31)22-11-14-33-24-15-21(36-37(22)24)19-9-12-32-13-10-19/h7-9,11,14-15,18,26,32H,10,12-13,16-17H2,1-6H3,(H,35,38)/t29-/m0/s1. The number of rotatable bonds is 9. The van der Waals surface area contributed by atoms with E-state index in [9.17, 15) is 13.6 Å². The average Bonchev–Trinajstić information content (AvgIpc) is 3.31. The first-order chi connectivity index (χ1) is 18.8. The van der Waals surface area contributed by atoms with Crippen molar-refractivity contribution in [3.05, 3.63) is 47.9 Å². The average molecular weight is 557 g/mol. The molecule has 4 heterocycles. The van der Waals surface area contributed by atoms with Crippen LogP contribution >= 0.6 is 0 Å². The molecule has 0 bridgehead atoms. The Morgan fingerprint density at radius 1 is 1.18 bits per heavy atom. The highest BCUT2D eigenvalue weighted by atomic mass is 19.3. The second-order valence-corrected chi connectivity index (χ2v) is 11.8. The lowest BCUT2D eigenvalue weighted by Gasteiger charge is -2.33. The van der Waals surface area contributed by atoms with Crippen molar-refractivity contribution in [3.63, 3.8) is 0 Å². The molecule has 0 unspecified atom stereocenters. The van der Waals surface area contributed by atoms with Gasteiger partial charge in [0.15, 0.2) is 5.65 Å². The zero-order valence-electron chi connectivity index (χ0n) is 23.9. The maximum Gasteiger partial charge on any atom is 0.408 e. The number of carbonyl (C=O) groups excluding carboxylic acids is 1. The predicted molar refractivity (Wildman–Crippen MR) is 149 cm³/mol. The number of halogens is 2. The van der Waals surface area contributed by atoms with Crippen molar-refractivity contribution in [2.75, 3.05) is 19.7 Å². The summed E-state index contributed by atoms with van der Waals surface area (Å²) >= 11 is 0. The van der Waals surface area contributed by atoms with Crippen LogP contribution in [0.3, 0.4) is 0 Å². The lowest BCUT2D eigenvalue weighted by molar-refractivity contribution is 0.0404. The van der Waals surface area contributed by atoms with Gasteiger partial charge in [-0.15, -0.1) is 0 Å². The Morgan fingerprint density at radius 3 is 2.60 bits per heavy atom. The molecule has 0 aromatic carbocycles. The molecule has 0 saturated heterocycles. The van der Waals surface area contributed by atoms with Gasteiger partial charge in [-0.05, 0) is 76.8 Å². The summed E-state index contributed by atoms with van der Waals surface area (Å²) in [4.78, 5) is 21.2. The summed E-state index contributed by atoms with van der Waals surface area (Å²) in [5.74, 6) is 0.151. The van der Waals surface area contributed by atoms with Crippen LogP contribution < -0.4 is 15.4 Å². The van der Waals surface area contributed by atoms with E-state index in [-0.39, 0.29) is 18.3 Å². The minimum absolute atomic E-state index is 0.0445. The third kappa shape index (κ3) is 7.32.